The van der Waals surface area contributed by atoms with Gasteiger partial charge in [-0.05, 0) is 31.9 Å². The molecule has 1 aliphatic heterocycles. The lowest BCUT2D eigenvalue weighted by Crippen LogP contribution is -2.27. The Labute approximate surface area is 178 Å². The first kappa shape index (κ1) is 20.3. The fourth-order valence-corrected chi connectivity index (χ4v) is 3.86. The molecule has 1 aliphatic rings. The lowest BCUT2D eigenvalue weighted by molar-refractivity contribution is 0.742. The van der Waals surface area contributed by atoms with Gasteiger partial charge in [0, 0.05) is 48.2 Å². The number of allylic oxidation sites excluding steroid dienone is 1. The van der Waals surface area contributed by atoms with Crippen LogP contribution in [-0.4, -0.2) is 38.7 Å². The monoisotopic (exact) mass is 402 g/mol. The van der Waals surface area contributed by atoms with Gasteiger partial charge in [-0.3, -0.25) is 4.57 Å². The molecule has 0 aliphatic carbocycles. The van der Waals surface area contributed by atoms with Crippen LogP contribution in [0.15, 0.2) is 55.5 Å². The highest BCUT2D eigenvalue weighted by atomic mass is 15.3. The fraction of sp³-hybridized carbons (Fsp3) is 0.375. The highest BCUT2D eigenvalue weighted by Crippen LogP contribution is 2.33. The molecule has 1 aromatic carbocycles. The SMILES string of the molecule is C=CC(CC)c1c(CC)nc(N(CC2CN2)c2ccccc2)nc1-n1cncc1C. The number of aryl methyl sites for hydroxylation is 2. The quantitative estimate of drug-likeness (QED) is 0.426. The molecular formula is C24H30N6. The van der Waals surface area contributed by atoms with Crippen LogP contribution in [0.4, 0.5) is 11.6 Å². The number of nitrogens with one attached hydrogen (secondary N) is 1. The van der Waals surface area contributed by atoms with Gasteiger partial charge in [-0.1, -0.05) is 38.1 Å². The highest BCUT2D eigenvalue weighted by molar-refractivity contribution is 5.60. The van der Waals surface area contributed by atoms with Crippen LogP contribution < -0.4 is 10.2 Å². The molecule has 3 heterocycles. The maximum atomic E-state index is 5.12. The van der Waals surface area contributed by atoms with E-state index in [1.54, 1.807) is 0 Å². The van der Waals surface area contributed by atoms with Crippen molar-refractivity contribution in [3.8, 4) is 5.82 Å². The normalized spacial score (nSPS) is 16.3. The van der Waals surface area contributed by atoms with Gasteiger partial charge in [0.05, 0.1) is 5.69 Å². The summed E-state index contributed by atoms with van der Waals surface area (Å²) < 4.78 is 2.07. The summed E-state index contributed by atoms with van der Waals surface area (Å²) in [6.07, 6.45) is 7.51. The second kappa shape index (κ2) is 8.79. The standard InChI is InChI=1S/C24H30N6/c1-5-18(6-2)22-21(7-3)27-24(28-23(22)30-16-25-13-17(30)4)29(15-19-14-26-19)20-11-9-8-10-12-20/h5,8-13,16,18-19,26H,1,6-7,14-15H2,2-4H3. The molecule has 30 heavy (non-hydrogen) atoms. The van der Waals surface area contributed by atoms with E-state index < -0.39 is 0 Å². The van der Waals surface area contributed by atoms with Crippen LogP contribution in [0.2, 0.25) is 0 Å². The Morgan fingerprint density at radius 1 is 1.27 bits per heavy atom. The molecule has 1 saturated heterocycles. The largest absolute Gasteiger partial charge is 0.309 e. The molecule has 0 spiro atoms. The van der Waals surface area contributed by atoms with Crippen LogP contribution >= 0.6 is 0 Å². The molecule has 6 heteroatoms. The lowest BCUT2D eigenvalue weighted by atomic mass is 9.94. The Morgan fingerprint density at radius 2 is 2.03 bits per heavy atom. The number of benzene rings is 1. The van der Waals surface area contributed by atoms with Crippen LogP contribution in [0.25, 0.3) is 5.82 Å². The van der Waals surface area contributed by atoms with Crippen molar-refractivity contribution in [2.24, 2.45) is 0 Å². The number of anilines is 2. The zero-order valence-corrected chi connectivity index (χ0v) is 18.0. The van der Waals surface area contributed by atoms with Gasteiger partial charge < -0.3 is 10.2 Å². The first-order chi connectivity index (χ1) is 14.7. The summed E-state index contributed by atoms with van der Waals surface area (Å²) in [6, 6.07) is 10.9. The van der Waals surface area contributed by atoms with E-state index in [9.17, 15) is 0 Å². The van der Waals surface area contributed by atoms with Gasteiger partial charge >= 0.3 is 0 Å². The average Bonchev–Trinajstić information content (AvgIpc) is 3.51. The molecule has 2 atom stereocenters. The summed E-state index contributed by atoms with van der Waals surface area (Å²) >= 11 is 0. The highest BCUT2D eigenvalue weighted by Gasteiger charge is 2.28. The summed E-state index contributed by atoms with van der Waals surface area (Å²) in [5.74, 6) is 1.84. The van der Waals surface area contributed by atoms with Crippen molar-refractivity contribution >= 4 is 11.6 Å². The molecule has 0 amide bonds. The lowest BCUT2D eigenvalue weighted by Gasteiger charge is -2.26. The van der Waals surface area contributed by atoms with E-state index in [1.165, 1.54) is 0 Å². The van der Waals surface area contributed by atoms with Gasteiger partial charge in [0.2, 0.25) is 5.95 Å². The number of hydrogen-bond acceptors (Lipinski definition) is 5. The van der Waals surface area contributed by atoms with Gasteiger partial charge in [0.25, 0.3) is 0 Å². The number of imidazole rings is 1. The Balaban J connectivity index is 1.92. The van der Waals surface area contributed by atoms with Gasteiger partial charge in [0.15, 0.2) is 0 Å². The molecule has 2 unspecified atom stereocenters. The summed E-state index contributed by atoms with van der Waals surface area (Å²) in [5.41, 5.74) is 4.37. The zero-order valence-electron chi connectivity index (χ0n) is 18.0. The minimum atomic E-state index is 0.195. The predicted octanol–water partition coefficient (Wildman–Crippen LogP) is 4.32. The van der Waals surface area contributed by atoms with Crippen LogP contribution in [0.3, 0.4) is 0 Å². The molecule has 0 radical (unpaired) electrons. The summed E-state index contributed by atoms with van der Waals surface area (Å²) in [6.45, 7) is 12.4. The summed E-state index contributed by atoms with van der Waals surface area (Å²) in [7, 11) is 0. The first-order valence-corrected chi connectivity index (χ1v) is 10.7. The number of nitrogens with zero attached hydrogens (tertiary/aromatic N) is 5. The van der Waals surface area contributed by atoms with Crippen molar-refractivity contribution in [1.82, 2.24) is 24.8 Å². The zero-order chi connectivity index (χ0) is 21.1. The molecule has 0 bridgehead atoms. The molecule has 156 valence electrons. The minimum Gasteiger partial charge on any atom is -0.309 e. The number of para-hydroxylation sites is 1. The van der Waals surface area contributed by atoms with Crippen molar-refractivity contribution in [2.45, 2.75) is 45.6 Å². The van der Waals surface area contributed by atoms with Crippen molar-refractivity contribution in [3.63, 3.8) is 0 Å². The van der Waals surface area contributed by atoms with Crippen molar-refractivity contribution in [1.29, 1.82) is 0 Å². The van der Waals surface area contributed by atoms with E-state index in [0.717, 1.165) is 60.3 Å². The third-order valence-corrected chi connectivity index (χ3v) is 5.68. The molecular weight excluding hydrogens is 372 g/mol. The van der Waals surface area contributed by atoms with Gasteiger partial charge in [0.1, 0.15) is 12.1 Å². The van der Waals surface area contributed by atoms with Gasteiger partial charge in [-0.2, -0.15) is 4.98 Å². The molecule has 1 N–H and O–H groups in total. The van der Waals surface area contributed by atoms with Crippen molar-refractivity contribution in [2.75, 3.05) is 18.0 Å². The van der Waals surface area contributed by atoms with E-state index in [4.69, 9.17) is 9.97 Å². The molecule has 2 aromatic heterocycles. The van der Waals surface area contributed by atoms with Crippen LogP contribution in [0.1, 0.15) is 43.1 Å². The fourth-order valence-electron chi connectivity index (χ4n) is 3.86. The second-order valence-corrected chi connectivity index (χ2v) is 7.77. The van der Waals surface area contributed by atoms with Crippen LogP contribution in [-0.2, 0) is 6.42 Å². The van der Waals surface area contributed by atoms with E-state index in [-0.39, 0.29) is 5.92 Å². The van der Waals surface area contributed by atoms with E-state index in [1.807, 2.05) is 24.7 Å². The molecule has 4 rings (SSSR count). The Kier molecular flexibility index (Phi) is 5.95. The molecule has 1 fully saturated rings. The smallest absolute Gasteiger partial charge is 0.232 e. The Hall–Kier alpha value is -2.99. The first-order valence-electron chi connectivity index (χ1n) is 10.7. The molecule has 3 aromatic rings. The Morgan fingerprint density at radius 3 is 2.60 bits per heavy atom. The second-order valence-electron chi connectivity index (χ2n) is 7.77. The van der Waals surface area contributed by atoms with Gasteiger partial charge in [-0.25, -0.2) is 9.97 Å². The van der Waals surface area contributed by atoms with Gasteiger partial charge in [-0.15, -0.1) is 6.58 Å². The number of rotatable bonds is 9. The summed E-state index contributed by atoms with van der Waals surface area (Å²) in [4.78, 5) is 16.8. The van der Waals surface area contributed by atoms with Crippen molar-refractivity contribution in [3.05, 3.63) is 72.5 Å². The minimum absolute atomic E-state index is 0.195. The summed E-state index contributed by atoms with van der Waals surface area (Å²) in [5, 5.41) is 3.41. The van der Waals surface area contributed by atoms with E-state index >= 15 is 0 Å². The van der Waals surface area contributed by atoms with E-state index in [0.29, 0.717) is 6.04 Å². The third-order valence-electron chi connectivity index (χ3n) is 5.68. The predicted molar refractivity (Wildman–Crippen MR) is 122 cm³/mol. The molecule has 0 saturated carbocycles. The topological polar surface area (TPSA) is 68.8 Å². The Bertz CT molecular complexity index is 1010. The van der Waals surface area contributed by atoms with Crippen LogP contribution in [0.5, 0.6) is 0 Å². The maximum absolute atomic E-state index is 5.12. The maximum Gasteiger partial charge on any atom is 0.232 e. The van der Waals surface area contributed by atoms with E-state index in [2.05, 4.69) is 71.4 Å². The average molecular weight is 403 g/mol. The van der Waals surface area contributed by atoms with Crippen molar-refractivity contribution < 1.29 is 0 Å². The molecule has 6 nitrogen and oxygen atoms in total. The number of aromatic nitrogens is 4. The number of hydrogen-bond donors (Lipinski definition) is 1. The van der Waals surface area contributed by atoms with Crippen LogP contribution in [0, 0.1) is 6.92 Å². The third kappa shape index (κ3) is 4.00.